The summed E-state index contributed by atoms with van der Waals surface area (Å²) in [5.74, 6) is -0.443. The molecule has 42 heavy (non-hydrogen) atoms. The van der Waals surface area contributed by atoms with E-state index in [0.29, 0.717) is 18.7 Å². The molecule has 0 radical (unpaired) electrons. The Bertz CT molecular complexity index is 673. The summed E-state index contributed by atoms with van der Waals surface area (Å²) in [4.78, 5) is 39.7. The molecule has 0 aromatic rings. The third kappa shape index (κ3) is 26.1. The Morgan fingerprint density at radius 1 is 0.690 bits per heavy atom. The zero-order chi connectivity index (χ0) is 31.1. The number of unbranched alkanes of at least 4 members (excludes halogenated alkanes) is 14. The lowest BCUT2D eigenvalue weighted by Crippen LogP contribution is -2.39. The van der Waals surface area contributed by atoms with Gasteiger partial charge in [0.2, 0.25) is 0 Å². The molecule has 8 heteroatoms. The van der Waals surface area contributed by atoms with E-state index < -0.39 is 11.9 Å². The molecule has 0 spiro atoms. The summed E-state index contributed by atoms with van der Waals surface area (Å²) in [5.41, 5.74) is 5.58. The number of hydrogen-bond donors (Lipinski definition) is 1. The quantitative estimate of drug-likeness (QED) is 0.0511. The van der Waals surface area contributed by atoms with Crippen LogP contribution in [-0.2, 0) is 19.1 Å². The maximum Gasteiger partial charge on any atom is 0.326 e. The summed E-state index contributed by atoms with van der Waals surface area (Å²) in [6.45, 7) is 6.74. The molecule has 0 bridgehead atoms. The SMILES string of the molecule is CCCCCC/C=C\COC(=O)CN(CC(=O)OC(CCCCCCCC)CCCCCCCC)C(=O)SCCCN. The predicted molar refractivity (Wildman–Crippen MR) is 178 cm³/mol. The Labute approximate surface area is 262 Å². The Morgan fingerprint density at radius 2 is 1.21 bits per heavy atom. The number of carbonyl (C=O) groups excluding carboxylic acids is 3. The first kappa shape index (κ1) is 40.5. The first-order chi connectivity index (χ1) is 20.5. The van der Waals surface area contributed by atoms with E-state index in [1.165, 1.54) is 75.5 Å². The Morgan fingerprint density at radius 3 is 1.79 bits per heavy atom. The minimum atomic E-state index is -0.526. The number of hydrogen-bond acceptors (Lipinski definition) is 7. The smallest absolute Gasteiger partial charge is 0.326 e. The molecular formula is C34H64N2O5S. The molecule has 0 saturated heterocycles. The van der Waals surface area contributed by atoms with Gasteiger partial charge in [-0.3, -0.25) is 14.4 Å². The maximum absolute atomic E-state index is 13.0. The largest absolute Gasteiger partial charge is 0.461 e. The highest BCUT2D eigenvalue weighted by Gasteiger charge is 2.24. The lowest BCUT2D eigenvalue weighted by atomic mass is 10.0. The van der Waals surface area contributed by atoms with Gasteiger partial charge in [0, 0.05) is 5.75 Å². The number of carbonyl (C=O) groups is 3. The molecule has 0 heterocycles. The maximum atomic E-state index is 13.0. The zero-order valence-electron chi connectivity index (χ0n) is 27.4. The van der Waals surface area contributed by atoms with Gasteiger partial charge < -0.3 is 20.1 Å². The standard InChI is InChI=1S/C34H64N2O5S/c1-4-7-10-13-16-19-22-27-40-32(37)29-36(34(39)42-28-23-26-35)30-33(38)41-31(24-20-17-14-11-8-5-2)25-21-18-15-12-9-6-3/h19,22,31H,4-18,20-21,23-30,35H2,1-3H3/b22-19-. The van der Waals surface area contributed by atoms with Crippen molar-refractivity contribution in [1.82, 2.24) is 4.90 Å². The van der Waals surface area contributed by atoms with Gasteiger partial charge in [0.05, 0.1) is 0 Å². The molecule has 0 rings (SSSR count). The van der Waals surface area contributed by atoms with E-state index in [2.05, 4.69) is 20.8 Å². The summed E-state index contributed by atoms with van der Waals surface area (Å²) in [6.07, 6.45) is 26.1. The van der Waals surface area contributed by atoms with Crippen LogP contribution >= 0.6 is 11.8 Å². The third-order valence-electron chi connectivity index (χ3n) is 7.26. The molecule has 0 fully saturated rings. The van der Waals surface area contributed by atoms with Gasteiger partial charge in [0.1, 0.15) is 25.8 Å². The Hall–Kier alpha value is -1.54. The number of ether oxygens (including phenoxy) is 2. The van der Waals surface area contributed by atoms with E-state index in [-0.39, 0.29) is 31.0 Å². The summed E-state index contributed by atoms with van der Waals surface area (Å²) in [6, 6.07) is 0. The molecular weight excluding hydrogens is 548 g/mol. The normalized spacial score (nSPS) is 11.4. The predicted octanol–water partition coefficient (Wildman–Crippen LogP) is 8.97. The number of thioether (sulfide) groups is 1. The van der Waals surface area contributed by atoms with Crippen molar-refractivity contribution in [2.24, 2.45) is 5.73 Å². The van der Waals surface area contributed by atoms with Crippen LogP contribution in [0, 0.1) is 0 Å². The van der Waals surface area contributed by atoms with Crippen molar-refractivity contribution in [1.29, 1.82) is 0 Å². The van der Waals surface area contributed by atoms with Gasteiger partial charge in [-0.15, -0.1) is 0 Å². The summed E-state index contributed by atoms with van der Waals surface area (Å²) < 4.78 is 11.2. The van der Waals surface area contributed by atoms with Crippen LogP contribution in [0.3, 0.4) is 0 Å². The number of rotatable bonds is 29. The van der Waals surface area contributed by atoms with Crippen LogP contribution in [0.5, 0.6) is 0 Å². The van der Waals surface area contributed by atoms with Gasteiger partial charge in [-0.1, -0.05) is 128 Å². The molecule has 1 amide bonds. The molecule has 246 valence electrons. The van der Waals surface area contributed by atoms with E-state index in [1.54, 1.807) is 0 Å². The fourth-order valence-electron chi connectivity index (χ4n) is 4.68. The van der Waals surface area contributed by atoms with Crippen molar-refractivity contribution in [3.8, 4) is 0 Å². The average Bonchev–Trinajstić information content (AvgIpc) is 2.97. The monoisotopic (exact) mass is 612 g/mol. The van der Waals surface area contributed by atoms with Gasteiger partial charge in [-0.05, 0) is 51.5 Å². The minimum Gasteiger partial charge on any atom is -0.461 e. The number of nitrogens with zero attached hydrogens (tertiary/aromatic N) is 1. The van der Waals surface area contributed by atoms with E-state index in [4.69, 9.17) is 15.2 Å². The first-order valence-electron chi connectivity index (χ1n) is 17.1. The van der Waals surface area contributed by atoms with Crippen molar-refractivity contribution in [2.45, 2.75) is 155 Å². The summed E-state index contributed by atoms with van der Waals surface area (Å²) in [7, 11) is 0. The van der Waals surface area contributed by atoms with Gasteiger partial charge in [0.25, 0.3) is 5.24 Å². The first-order valence-corrected chi connectivity index (χ1v) is 18.1. The molecule has 0 aromatic carbocycles. The second-order valence-electron chi connectivity index (χ2n) is 11.3. The van der Waals surface area contributed by atoms with E-state index in [9.17, 15) is 14.4 Å². The van der Waals surface area contributed by atoms with Crippen LogP contribution in [0.25, 0.3) is 0 Å². The van der Waals surface area contributed by atoms with Crippen molar-refractivity contribution >= 4 is 28.9 Å². The number of amides is 1. The van der Waals surface area contributed by atoms with Crippen LogP contribution in [0.2, 0.25) is 0 Å². The van der Waals surface area contributed by atoms with E-state index in [0.717, 1.165) is 63.1 Å². The van der Waals surface area contributed by atoms with E-state index >= 15 is 0 Å². The Kier molecular flexibility index (Phi) is 29.8. The van der Waals surface area contributed by atoms with Crippen LogP contribution < -0.4 is 5.73 Å². The number of esters is 2. The van der Waals surface area contributed by atoms with Crippen molar-refractivity contribution in [3.63, 3.8) is 0 Å². The molecule has 7 nitrogen and oxygen atoms in total. The van der Waals surface area contributed by atoms with Crippen LogP contribution in [0.4, 0.5) is 4.79 Å². The molecule has 0 aliphatic heterocycles. The van der Waals surface area contributed by atoms with Crippen LogP contribution in [-0.4, -0.2) is 60.2 Å². The Balaban J connectivity index is 4.95. The zero-order valence-corrected chi connectivity index (χ0v) is 28.2. The molecule has 2 N–H and O–H groups in total. The lowest BCUT2D eigenvalue weighted by molar-refractivity contribution is -0.151. The van der Waals surface area contributed by atoms with Gasteiger partial charge in [-0.25, -0.2) is 0 Å². The average molecular weight is 613 g/mol. The fraction of sp³-hybridized carbons (Fsp3) is 0.853. The molecule has 0 aromatic heterocycles. The molecule has 0 atom stereocenters. The van der Waals surface area contributed by atoms with Gasteiger partial charge in [-0.2, -0.15) is 0 Å². The fourth-order valence-corrected chi connectivity index (χ4v) is 5.48. The third-order valence-corrected chi connectivity index (χ3v) is 8.26. The second kappa shape index (κ2) is 30.9. The van der Waals surface area contributed by atoms with Crippen molar-refractivity contribution < 1.29 is 23.9 Å². The molecule has 0 aliphatic rings. The highest BCUT2D eigenvalue weighted by molar-refractivity contribution is 8.13. The highest BCUT2D eigenvalue weighted by atomic mass is 32.2. The minimum absolute atomic E-state index is 0.147. The molecule has 0 aliphatic carbocycles. The second-order valence-corrected chi connectivity index (χ2v) is 12.4. The van der Waals surface area contributed by atoms with E-state index in [1.807, 2.05) is 12.2 Å². The molecule has 0 saturated carbocycles. The number of allylic oxidation sites excluding steroid dienone is 1. The lowest BCUT2D eigenvalue weighted by Gasteiger charge is -2.23. The van der Waals surface area contributed by atoms with Gasteiger partial charge >= 0.3 is 11.9 Å². The van der Waals surface area contributed by atoms with Gasteiger partial charge in [0.15, 0.2) is 0 Å². The summed E-state index contributed by atoms with van der Waals surface area (Å²) >= 11 is 1.08. The topological polar surface area (TPSA) is 98.9 Å². The summed E-state index contributed by atoms with van der Waals surface area (Å²) in [5, 5.41) is -0.327. The van der Waals surface area contributed by atoms with Crippen LogP contribution in [0.1, 0.15) is 149 Å². The van der Waals surface area contributed by atoms with Crippen molar-refractivity contribution in [3.05, 3.63) is 12.2 Å². The molecule has 0 unspecified atom stereocenters. The van der Waals surface area contributed by atoms with Crippen molar-refractivity contribution in [2.75, 3.05) is 32.0 Å². The highest BCUT2D eigenvalue weighted by Crippen LogP contribution is 2.18. The number of nitrogens with two attached hydrogens (primary N) is 1. The van der Waals surface area contributed by atoms with Crippen LogP contribution in [0.15, 0.2) is 12.2 Å².